The number of rotatable bonds is 11. The Bertz CT molecular complexity index is 1580. The highest BCUT2D eigenvalue weighted by Gasteiger charge is 2.28. The van der Waals surface area contributed by atoms with Gasteiger partial charge in [-0.3, -0.25) is 4.79 Å². The van der Waals surface area contributed by atoms with Crippen molar-refractivity contribution in [1.82, 2.24) is 9.80 Å². The lowest BCUT2D eigenvalue weighted by Gasteiger charge is -2.38. The van der Waals surface area contributed by atoms with Crippen molar-refractivity contribution < 1.29 is 26.0 Å². The fourth-order valence-corrected chi connectivity index (χ4v) is 6.99. The number of carbonyl (C=O) groups is 1. The van der Waals surface area contributed by atoms with E-state index in [0.717, 1.165) is 61.8 Å². The highest BCUT2D eigenvalue weighted by Crippen LogP contribution is 2.30. The third kappa shape index (κ3) is 8.26. The zero-order valence-corrected chi connectivity index (χ0v) is 26.0. The van der Waals surface area contributed by atoms with Gasteiger partial charge in [0.2, 0.25) is 5.91 Å². The van der Waals surface area contributed by atoms with Crippen molar-refractivity contribution in [2.75, 3.05) is 38.7 Å². The molecule has 1 fully saturated rings. The van der Waals surface area contributed by atoms with Crippen molar-refractivity contribution >= 4 is 25.6 Å². The molecular weight excluding hydrogens is 575 g/mol. The Kier molecular flexibility index (Phi) is 10.2. The van der Waals surface area contributed by atoms with Gasteiger partial charge in [-0.25, -0.2) is 21.2 Å². The number of hydrogen-bond donors (Lipinski definition) is 0. The molecule has 0 aromatic heterocycles. The van der Waals surface area contributed by atoms with Gasteiger partial charge in [0.25, 0.3) is 0 Å². The van der Waals surface area contributed by atoms with Crippen LogP contribution in [0.4, 0.5) is 4.39 Å². The Hall–Kier alpha value is -3.08. The van der Waals surface area contributed by atoms with Crippen LogP contribution in [0.1, 0.15) is 48.8 Å². The molecule has 1 saturated heterocycles. The summed E-state index contributed by atoms with van der Waals surface area (Å²) in [6.45, 7) is 5.04. The van der Waals surface area contributed by atoms with E-state index >= 15 is 0 Å². The van der Waals surface area contributed by atoms with E-state index in [9.17, 15) is 26.0 Å². The number of carbonyl (C=O) groups excluding carboxylic acids is 1. The fourth-order valence-electron chi connectivity index (χ4n) is 5.73. The predicted octanol–water partition coefficient (Wildman–Crippen LogP) is 4.71. The maximum absolute atomic E-state index is 14.1. The fraction of sp³-hybridized carbons (Fsp3) is 0.406. The number of sulfone groups is 2. The molecule has 10 heteroatoms. The summed E-state index contributed by atoms with van der Waals surface area (Å²) < 4.78 is 61.5. The van der Waals surface area contributed by atoms with Crippen molar-refractivity contribution in [1.29, 1.82) is 0 Å². The van der Waals surface area contributed by atoms with Gasteiger partial charge in [-0.1, -0.05) is 36.4 Å². The Morgan fingerprint density at radius 1 is 0.881 bits per heavy atom. The first kappa shape index (κ1) is 31.8. The molecule has 42 heavy (non-hydrogen) atoms. The second-order valence-corrected chi connectivity index (χ2v) is 15.1. The van der Waals surface area contributed by atoms with Gasteiger partial charge in [0.15, 0.2) is 19.7 Å². The molecule has 3 aromatic carbocycles. The third-order valence-corrected chi connectivity index (χ3v) is 10.3. The van der Waals surface area contributed by atoms with E-state index in [-0.39, 0.29) is 39.9 Å². The number of halogens is 1. The van der Waals surface area contributed by atoms with E-state index in [1.807, 2.05) is 30.0 Å². The number of piperidine rings is 1. The van der Waals surface area contributed by atoms with Gasteiger partial charge in [-0.05, 0) is 85.8 Å². The summed E-state index contributed by atoms with van der Waals surface area (Å²) in [5.41, 5.74) is 2.58. The van der Waals surface area contributed by atoms with Crippen LogP contribution in [0.5, 0.6) is 0 Å². The van der Waals surface area contributed by atoms with Gasteiger partial charge >= 0.3 is 0 Å². The summed E-state index contributed by atoms with van der Waals surface area (Å²) in [5.74, 6) is -0.358. The topological polar surface area (TPSA) is 91.8 Å². The summed E-state index contributed by atoms with van der Waals surface area (Å²) >= 11 is 0. The molecule has 1 atom stereocenters. The van der Waals surface area contributed by atoms with Crippen LogP contribution in [0.15, 0.2) is 82.6 Å². The van der Waals surface area contributed by atoms with E-state index in [4.69, 9.17) is 0 Å². The molecule has 1 aliphatic heterocycles. The molecule has 1 heterocycles. The molecule has 0 unspecified atom stereocenters. The molecule has 0 N–H and O–H groups in total. The smallest absolute Gasteiger partial charge is 0.227 e. The van der Waals surface area contributed by atoms with Crippen LogP contribution in [0, 0.1) is 5.82 Å². The minimum absolute atomic E-state index is 0.0340. The number of hydrogen-bond acceptors (Lipinski definition) is 6. The second-order valence-electron chi connectivity index (χ2n) is 11.1. The number of amides is 1. The monoisotopic (exact) mass is 614 g/mol. The molecular formula is C32H39FN2O5S2. The molecule has 7 nitrogen and oxygen atoms in total. The summed E-state index contributed by atoms with van der Waals surface area (Å²) in [6, 6.07) is 20.1. The zero-order valence-electron chi connectivity index (χ0n) is 24.4. The molecule has 0 radical (unpaired) electrons. The number of benzene rings is 3. The average Bonchev–Trinajstić information content (AvgIpc) is 2.94. The quantitative estimate of drug-likeness (QED) is 0.311. The third-order valence-electron chi connectivity index (χ3n) is 8.06. The SMILES string of the molecule is CCN(C(=O)Cc1ccc(S(C)(=O)=O)cc1)C1CCN(CC[C@H](c2ccc(S(C)(=O)=O)cc2)c2cccc(F)c2)CC1. The van der Waals surface area contributed by atoms with Gasteiger partial charge in [-0.2, -0.15) is 0 Å². The van der Waals surface area contributed by atoms with Crippen LogP contribution in [0.25, 0.3) is 0 Å². The summed E-state index contributed by atoms with van der Waals surface area (Å²) in [4.78, 5) is 18.0. The normalized spacial score (nSPS) is 15.8. The van der Waals surface area contributed by atoms with E-state index < -0.39 is 19.7 Å². The van der Waals surface area contributed by atoms with Gasteiger partial charge in [0, 0.05) is 44.1 Å². The second kappa shape index (κ2) is 13.5. The van der Waals surface area contributed by atoms with Crippen LogP contribution < -0.4 is 0 Å². The maximum Gasteiger partial charge on any atom is 0.227 e. The summed E-state index contributed by atoms with van der Waals surface area (Å²) in [6.07, 6.45) is 5.01. The lowest BCUT2D eigenvalue weighted by molar-refractivity contribution is -0.133. The number of nitrogens with zero attached hydrogens (tertiary/aromatic N) is 2. The van der Waals surface area contributed by atoms with Gasteiger partial charge < -0.3 is 9.80 Å². The van der Waals surface area contributed by atoms with Crippen LogP contribution in [-0.2, 0) is 30.9 Å². The maximum atomic E-state index is 14.1. The predicted molar refractivity (Wildman–Crippen MR) is 163 cm³/mol. The summed E-state index contributed by atoms with van der Waals surface area (Å²) in [5, 5.41) is 0. The van der Waals surface area contributed by atoms with E-state index in [1.54, 1.807) is 48.5 Å². The van der Waals surface area contributed by atoms with Crippen molar-refractivity contribution in [3.8, 4) is 0 Å². The minimum atomic E-state index is -3.31. The van der Waals surface area contributed by atoms with Crippen molar-refractivity contribution in [2.24, 2.45) is 0 Å². The Labute approximate surface area is 249 Å². The molecule has 4 rings (SSSR count). The van der Waals surface area contributed by atoms with Crippen LogP contribution >= 0.6 is 0 Å². The van der Waals surface area contributed by atoms with Crippen molar-refractivity contribution in [3.63, 3.8) is 0 Å². The zero-order chi connectivity index (χ0) is 30.5. The highest BCUT2D eigenvalue weighted by atomic mass is 32.2. The highest BCUT2D eigenvalue weighted by molar-refractivity contribution is 7.91. The molecule has 1 aliphatic rings. The van der Waals surface area contributed by atoms with Gasteiger partial charge in [-0.15, -0.1) is 0 Å². The van der Waals surface area contributed by atoms with E-state index in [1.165, 1.54) is 12.3 Å². The van der Waals surface area contributed by atoms with Crippen LogP contribution in [-0.4, -0.2) is 77.3 Å². The summed E-state index contributed by atoms with van der Waals surface area (Å²) in [7, 11) is -6.59. The van der Waals surface area contributed by atoms with Crippen LogP contribution in [0.2, 0.25) is 0 Å². The molecule has 0 aliphatic carbocycles. The first-order valence-corrected chi connectivity index (χ1v) is 18.0. The van der Waals surface area contributed by atoms with Crippen molar-refractivity contribution in [3.05, 3.63) is 95.3 Å². The molecule has 226 valence electrons. The first-order chi connectivity index (χ1) is 19.8. The Morgan fingerprint density at radius 3 is 1.98 bits per heavy atom. The Morgan fingerprint density at radius 2 is 1.45 bits per heavy atom. The van der Waals surface area contributed by atoms with E-state index in [0.29, 0.717) is 6.54 Å². The molecule has 0 bridgehead atoms. The van der Waals surface area contributed by atoms with Crippen molar-refractivity contribution in [2.45, 2.75) is 54.4 Å². The lowest BCUT2D eigenvalue weighted by Crippen LogP contribution is -2.48. The van der Waals surface area contributed by atoms with Gasteiger partial charge in [0.1, 0.15) is 5.82 Å². The van der Waals surface area contributed by atoms with Crippen LogP contribution in [0.3, 0.4) is 0 Å². The first-order valence-electron chi connectivity index (χ1n) is 14.2. The molecule has 0 saturated carbocycles. The molecule has 3 aromatic rings. The lowest BCUT2D eigenvalue weighted by atomic mass is 9.88. The molecule has 1 amide bonds. The molecule has 0 spiro atoms. The minimum Gasteiger partial charge on any atom is -0.340 e. The largest absolute Gasteiger partial charge is 0.340 e. The average molecular weight is 615 g/mol. The number of likely N-dealkylation sites (N-methyl/N-ethyl adjacent to an activating group) is 1. The van der Waals surface area contributed by atoms with E-state index in [2.05, 4.69) is 4.90 Å². The van der Waals surface area contributed by atoms with Gasteiger partial charge in [0.05, 0.1) is 16.2 Å². The standard InChI is InChI=1S/C32H39FN2O5S2/c1-4-35(32(36)22-24-8-12-29(13-9-24)41(2,37)38)28-16-19-34(20-17-28)21-18-31(26-6-5-7-27(33)23-26)25-10-14-30(15-11-25)42(3,39)40/h5-15,23,28,31H,4,16-22H2,1-3H3/t31-/m1/s1. The number of likely N-dealkylation sites (tertiary alicyclic amines) is 1. The Balaban J connectivity index is 1.37.